The predicted octanol–water partition coefficient (Wildman–Crippen LogP) is 1.62. The van der Waals surface area contributed by atoms with E-state index in [1.165, 1.54) is 0 Å². The molecule has 1 aliphatic heterocycles. The Bertz CT molecular complexity index is 743. The minimum atomic E-state index is -3.23. The Morgan fingerprint density at radius 1 is 1.24 bits per heavy atom. The molecule has 1 heterocycles. The van der Waals surface area contributed by atoms with E-state index < -0.39 is 10.0 Å². The molecular formula is C18H31IN4O4S2. The molecule has 11 heteroatoms. The molecule has 1 aliphatic rings. The zero-order valence-corrected chi connectivity index (χ0v) is 21.1. The number of benzene rings is 1. The Hall–Kier alpha value is -0.920. The van der Waals surface area contributed by atoms with E-state index in [0.29, 0.717) is 43.6 Å². The van der Waals surface area contributed by atoms with E-state index >= 15 is 0 Å². The third kappa shape index (κ3) is 8.77. The standard InChI is InChI=1S/C18H30N4O4S2.HI/c1-15(26-17-7-5-4-6-16(17)25-3)14-21-18(19-2)20-8-13-28(23,24)22-9-11-27-12-10-22;/h4-7,15H,8-14H2,1-3H3,(H2,19,20,21);1H. The summed E-state index contributed by atoms with van der Waals surface area (Å²) < 4.78 is 37.5. The fourth-order valence-corrected chi connectivity index (χ4v) is 5.18. The van der Waals surface area contributed by atoms with Gasteiger partial charge in [-0.15, -0.1) is 24.0 Å². The summed E-state index contributed by atoms with van der Waals surface area (Å²) in [6.07, 6.45) is -0.135. The van der Waals surface area contributed by atoms with Crippen LogP contribution in [0, 0.1) is 0 Å². The number of guanidine groups is 1. The van der Waals surface area contributed by atoms with Crippen molar-refractivity contribution in [3.05, 3.63) is 24.3 Å². The molecule has 1 saturated heterocycles. The number of nitrogens with zero attached hydrogens (tertiary/aromatic N) is 2. The number of aliphatic imine (C=N–C) groups is 1. The van der Waals surface area contributed by atoms with Crippen LogP contribution in [0.3, 0.4) is 0 Å². The van der Waals surface area contributed by atoms with Gasteiger partial charge in [0.25, 0.3) is 0 Å². The lowest BCUT2D eigenvalue weighted by atomic mass is 10.3. The summed E-state index contributed by atoms with van der Waals surface area (Å²) in [6, 6.07) is 7.47. The highest BCUT2D eigenvalue weighted by Gasteiger charge is 2.23. The number of hydrogen-bond acceptors (Lipinski definition) is 6. The highest BCUT2D eigenvalue weighted by Crippen LogP contribution is 2.26. The molecule has 0 spiro atoms. The second kappa shape index (κ2) is 13.4. The van der Waals surface area contributed by atoms with Gasteiger partial charge >= 0.3 is 0 Å². The van der Waals surface area contributed by atoms with Crippen LogP contribution < -0.4 is 20.1 Å². The number of thioether (sulfide) groups is 1. The second-order valence-corrected chi connectivity index (χ2v) is 9.60. The Balaban J connectivity index is 0.00000420. The van der Waals surface area contributed by atoms with Gasteiger partial charge in [-0.3, -0.25) is 4.99 Å². The van der Waals surface area contributed by atoms with Gasteiger partial charge in [-0.25, -0.2) is 12.7 Å². The van der Waals surface area contributed by atoms with Gasteiger partial charge in [-0.2, -0.15) is 11.8 Å². The molecule has 1 atom stereocenters. The van der Waals surface area contributed by atoms with Gasteiger partial charge in [0.05, 0.1) is 19.4 Å². The number of ether oxygens (including phenoxy) is 2. The van der Waals surface area contributed by atoms with Gasteiger partial charge in [0.2, 0.25) is 10.0 Å². The summed E-state index contributed by atoms with van der Waals surface area (Å²) in [5, 5.41) is 6.21. The smallest absolute Gasteiger partial charge is 0.215 e. The summed E-state index contributed by atoms with van der Waals surface area (Å²) in [6.45, 7) is 3.93. The van der Waals surface area contributed by atoms with Crippen LogP contribution in [0.15, 0.2) is 29.3 Å². The van der Waals surface area contributed by atoms with Gasteiger partial charge in [0.15, 0.2) is 17.5 Å². The van der Waals surface area contributed by atoms with Crippen LogP contribution in [0.5, 0.6) is 11.5 Å². The summed E-state index contributed by atoms with van der Waals surface area (Å²) in [5.74, 6) is 3.66. The maximum absolute atomic E-state index is 12.4. The first-order valence-electron chi connectivity index (χ1n) is 9.26. The number of methoxy groups -OCH3 is 1. The van der Waals surface area contributed by atoms with E-state index in [2.05, 4.69) is 15.6 Å². The zero-order valence-electron chi connectivity index (χ0n) is 17.1. The van der Waals surface area contributed by atoms with Crippen LogP contribution in [0.4, 0.5) is 0 Å². The Labute approximate surface area is 195 Å². The zero-order chi connectivity index (χ0) is 20.4. The topological polar surface area (TPSA) is 92.3 Å². The lowest BCUT2D eigenvalue weighted by Gasteiger charge is -2.25. The third-order valence-corrected chi connectivity index (χ3v) is 7.01. The molecule has 0 aliphatic carbocycles. The molecule has 8 nitrogen and oxygen atoms in total. The number of para-hydroxylation sites is 2. The summed E-state index contributed by atoms with van der Waals surface area (Å²) in [4.78, 5) is 4.14. The lowest BCUT2D eigenvalue weighted by molar-refractivity contribution is 0.213. The van der Waals surface area contributed by atoms with E-state index in [1.54, 1.807) is 30.2 Å². The van der Waals surface area contributed by atoms with Gasteiger partial charge in [0.1, 0.15) is 6.10 Å². The van der Waals surface area contributed by atoms with Gasteiger partial charge in [-0.05, 0) is 19.1 Å². The molecular weight excluding hydrogens is 527 g/mol. The van der Waals surface area contributed by atoms with Gasteiger partial charge in [0, 0.05) is 38.2 Å². The van der Waals surface area contributed by atoms with Crippen LogP contribution in [0.2, 0.25) is 0 Å². The van der Waals surface area contributed by atoms with Crippen molar-refractivity contribution in [3.8, 4) is 11.5 Å². The largest absolute Gasteiger partial charge is 0.493 e. The van der Waals surface area contributed by atoms with Crippen molar-refractivity contribution in [2.24, 2.45) is 4.99 Å². The molecule has 29 heavy (non-hydrogen) atoms. The highest BCUT2D eigenvalue weighted by molar-refractivity contribution is 14.0. The minimum Gasteiger partial charge on any atom is -0.493 e. The van der Waals surface area contributed by atoms with Crippen molar-refractivity contribution in [3.63, 3.8) is 0 Å². The van der Waals surface area contributed by atoms with Crippen molar-refractivity contribution in [2.45, 2.75) is 13.0 Å². The minimum absolute atomic E-state index is 0. The van der Waals surface area contributed by atoms with Crippen LogP contribution in [-0.2, 0) is 10.0 Å². The van der Waals surface area contributed by atoms with Gasteiger partial charge in [-0.1, -0.05) is 12.1 Å². The molecule has 2 N–H and O–H groups in total. The Morgan fingerprint density at radius 3 is 2.52 bits per heavy atom. The quantitative estimate of drug-likeness (QED) is 0.271. The molecule has 1 aromatic rings. The lowest BCUT2D eigenvalue weighted by Crippen LogP contribution is -2.45. The average molecular weight is 559 g/mol. The normalized spacial score (nSPS) is 16.4. The summed E-state index contributed by atoms with van der Waals surface area (Å²) >= 11 is 1.79. The molecule has 0 aromatic heterocycles. The number of rotatable bonds is 9. The molecule has 0 saturated carbocycles. The van der Waals surface area contributed by atoms with E-state index in [9.17, 15) is 8.42 Å². The monoisotopic (exact) mass is 558 g/mol. The van der Waals surface area contributed by atoms with Crippen molar-refractivity contribution in [2.75, 3.05) is 57.6 Å². The number of nitrogens with one attached hydrogen (secondary N) is 2. The first-order valence-corrected chi connectivity index (χ1v) is 12.0. The van der Waals surface area contributed by atoms with Crippen molar-refractivity contribution in [1.29, 1.82) is 0 Å². The van der Waals surface area contributed by atoms with Crippen LogP contribution in [0.1, 0.15) is 6.92 Å². The van der Waals surface area contributed by atoms with E-state index in [-0.39, 0.29) is 35.8 Å². The molecule has 2 rings (SSSR count). The molecule has 1 fully saturated rings. The van der Waals surface area contributed by atoms with Gasteiger partial charge < -0.3 is 20.1 Å². The van der Waals surface area contributed by atoms with Crippen LogP contribution >= 0.6 is 35.7 Å². The molecule has 1 unspecified atom stereocenters. The number of sulfonamides is 1. The Morgan fingerprint density at radius 2 is 1.90 bits per heavy atom. The molecule has 0 radical (unpaired) electrons. The molecule has 0 bridgehead atoms. The maximum atomic E-state index is 12.4. The predicted molar refractivity (Wildman–Crippen MR) is 131 cm³/mol. The van der Waals surface area contributed by atoms with Crippen LogP contribution in [-0.4, -0.2) is 82.4 Å². The summed E-state index contributed by atoms with van der Waals surface area (Å²) in [5.41, 5.74) is 0. The maximum Gasteiger partial charge on any atom is 0.215 e. The van der Waals surface area contributed by atoms with Crippen LogP contribution in [0.25, 0.3) is 0 Å². The van der Waals surface area contributed by atoms with E-state index in [1.807, 2.05) is 31.2 Å². The van der Waals surface area contributed by atoms with Crippen molar-refractivity contribution in [1.82, 2.24) is 14.9 Å². The molecule has 1 aromatic carbocycles. The first-order chi connectivity index (χ1) is 13.5. The number of halogens is 1. The van der Waals surface area contributed by atoms with Crippen molar-refractivity contribution < 1.29 is 17.9 Å². The SMILES string of the molecule is CN=C(NCCS(=O)(=O)N1CCSCC1)NCC(C)Oc1ccccc1OC.I. The fraction of sp³-hybridized carbons (Fsp3) is 0.611. The van der Waals surface area contributed by atoms with E-state index in [0.717, 1.165) is 11.5 Å². The summed E-state index contributed by atoms with van der Waals surface area (Å²) in [7, 11) is 0.0243. The average Bonchev–Trinajstić information content (AvgIpc) is 2.71. The van der Waals surface area contributed by atoms with E-state index in [4.69, 9.17) is 9.47 Å². The third-order valence-electron chi connectivity index (χ3n) is 4.19. The number of hydrogen-bond donors (Lipinski definition) is 2. The molecule has 0 amide bonds. The molecule has 166 valence electrons. The fourth-order valence-electron chi connectivity index (χ4n) is 2.69. The second-order valence-electron chi connectivity index (χ2n) is 6.29. The highest BCUT2D eigenvalue weighted by atomic mass is 127. The van der Waals surface area contributed by atoms with Crippen molar-refractivity contribution >= 4 is 51.7 Å². The Kier molecular flexibility index (Phi) is 12.1. The first kappa shape index (κ1) is 26.1.